The maximum atomic E-state index is 6.32. The van der Waals surface area contributed by atoms with E-state index in [1.54, 1.807) is 0 Å². The second-order valence-electron chi connectivity index (χ2n) is 11.1. The first-order valence-corrected chi connectivity index (χ1v) is 13.7. The Morgan fingerprint density at radius 2 is 1.60 bits per heavy atom. The summed E-state index contributed by atoms with van der Waals surface area (Å²) in [5.41, 5.74) is 5.66. The molecule has 0 N–H and O–H groups in total. The van der Waals surface area contributed by atoms with Gasteiger partial charge in [-0.2, -0.15) is 6.07 Å². The van der Waals surface area contributed by atoms with Gasteiger partial charge in [-0.25, -0.2) is 9.97 Å². The number of para-hydroxylation sites is 3. The van der Waals surface area contributed by atoms with Gasteiger partial charge in [0.25, 0.3) is 0 Å². The number of benzene rings is 4. The quantitative estimate of drug-likeness (QED) is 0.166. The molecule has 3 heterocycles. The van der Waals surface area contributed by atoms with E-state index >= 15 is 0 Å². The molecule has 0 fully saturated rings. The van der Waals surface area contributed by atoms with Crippen LogP contribution in [-0.4, -0.2) is 14.5 Å². The van der Waals surface area contributed by atoms with E-state index in [1.165, 1.54) is 5.56 Å². The van der Waals surface area contributed by atoms with Gasteiger partial charge in [-0.1, -0.05) is 93.0 Å². The molecule has 0 saturated heterocycles. The van der Waals surface area contributed by atoms with Gasteiger partial charge in [0.15, 0.2) is 0 Å². The Bertz CT molecular complexity index is 2040. The Labute approximate surface area is 259 Å². The fourth-order valence-electron chi connectivity index (χ4n) is 5.19. The summed E-state index contributed by atoms with van der Waals surface area (Å²) in [5.74, 6) is 1.92. The van der Waals surface area contributed by atoms with Crippen LogP contribution in [0.2, 0.25) is 0 Å². The maximum absolute atomic E-state index is 6.32. The number of nitrogens with zero attached hydrogens (tertiary/aromatic N) is 4. The van der Waals surface area contributed by atoms with E-state index in [9.17, 15) is 0 Å². The van der Waals surface area contributed by atoms with Gasteiger partial charge < -0.3 is 14.6 Å². The van der Waals surface area contributed by atoms with Crippen molar-refractivity contribution in [3.63, 3.8) is 0 Å². The number of aromatic nitrogens is 3. The Balaban J connectivity index is 0.00000316. The molecule has 0 aliphatic rings. The molecule has 5 nitrogen and oxygen atoms in total. The largest absolute Gasteiger partial charge is 2.00 e. The number of rotatable bonds is 5. The third-order valence-corrected chi connectivity index (χ3v) is 7.29. The van der Waals surface area contributed by atoms with Gasteiger partial charge in [0, 0.05) is 23.5 Å². The summed E-state index contributed by atoms with van der Waals surface area (Å²) in [7, 11) is 0. The summed E-state index contributed by atoms with van der Waals surface area (Å²) in [6.45, 7) is 6.64. The van der Waals surface area contributed by atoms with Crippen LogP contribution in [0.3, 0.4) is 0 Å². The molecule has 7 aromatic rings. The van der Waals surface area contributed by atoms with Crippen molar-refractivity contribution in [2.45, 2.75) is 26.2 Å². The van der Waals surface area contributed by atoms with Crippen LogP contribution in [0.15, 0.2) is 115 Å². The predicted molar refractivity (Wildman–Crippen MR) is 167 cm³/mol. The van der Waals surface area contributed by atoms with Gasteiger partial charge in [0.05, 0.1) is 5.52 Å². The van der Waals surface area contributed by atoms with E-state index in [0.717, 1.165) is 49.9 Å². The SMILES string of the molecule is CC(C)(C)c1ccnc(-n2c3[c-]c(Oc4ccc5cccc([N-]c6ccccc6)c5n4)ccc3c3ccccc32)c1.[Pt+2]. The van der Waals surface area contributed by atoms with Crippen LogP contribution in [0.4, 0.5) is 11.4 Å². The van der Waals surface area contributed by atoms with E-state index < -0.39 is 0 Å². The predicted octanol–water partition coefficient (Wildman–Crippen LogP) is 9.95. The molecule has 4 aromatic carbocycles. The summed E-state index contributed by atoms with van der Waals surface area (Å²) in [4.78, 5) is 9.62. The fraction of sp³-hybridized carbons (Fsp3) is 0.111. The van der Waals surface area contributed by atoms with E-state index in [4.69, 9.17) is 20.0 Å². The molecule has 0 saturated carbocycles. The second-order valence-corrected chi connectivity index (χ2v) is 11.1. The first-order chi connectivity index (χ1) is 19.9. The van der Waals surface area contributed by atoms with Crippen molar-refractivity contribution in [2.75, 3.05) is 0 Å². The van der Waals surface area contributed by atoms with Crippen molar-refractivity contribution < 1.29 is 25.8 Å². The van der Waals surface area contributed by atoms with Gasteiger partial charge in [-0.3, -0.25) is 0 Å². The summed E-state index contributed by atoms with van der Waals surface area (Å²) < 4.78 is 8.49. The molecular formula is C36H28N4OPt. The van der Waals surface area contributed by atoms with E-state index in [1.807, 2.05) is 72.9 Å². The minimum absolute atomic E-state index is 0. The fourth-order valence-corrected chi connectivity index (χ4v) is 5.19. The van der Waals surface area contributed by atoms with Crippen molar-refractivity contribution >= 4 is 44.1 Å². The maximum Gasteiger partial charge on any atom is 2.00 e. The van der Waals surface area contributed by atoms with Crippen LogP contribution in [0, 0.1) is 6.07 Å². The molecule has 0 atom stereocenters. The molecule has 0 bridgehead atoms. The van der Waals surface area contributed by atoms with E-state index in [2.05, 4.69) is 73.9 Å². The average molecular weight is 728 g/mol. The number of ether oxygens (including phenoxy) is 1. The first-order valence-electron chi connectivity index (χ1n) is 13.7. The van der Waals surface area contributed by atoms with Gasteiger partial charge in [0.2, 0.25) is 5.88 Å². The molecule has 0 radical (unpaired) electrons. The molecular weight excluding hydrogens is 700 g/mol. The zero-order chi connectivity index (χ0) is 28.0. The average Bonchev–Trinajstić information content (AvgIpc) is 3.31. The Hall–Kier alpha value is -4.47. The third-order valence-electron chi connectivity index (χ3n) is 7.29. The smallest absolute Gasteiger partial charge is 0.656 e. The summed E-state index contributed by atoms with van der Waals surface area (Å²) in [6, 6.07) is 40.0. The van der Waals surface area contributed by atoms with Crippen molar-refractivity contribution in [1.29, 1.82) is 0 Å². The Kier molecular flexibility index (Phi) is 7.30. The minimum Gasteiger partial charge on any atom is -0.656 e. The van der Waals surface area contributed by atoms with E-state index in [0.29, 0.717) is 11.6 Å². The van der Waals surface area contributed by atoms with Crippen LogP contribution >= 0.6 is 0 Å². The second kappa shape index (κ2) is 11.1. The Morgan fingerprint density at radius 1 is 0.786 bits per heavy atom. The third kappa shape index (κ3) is 5.17. The molecule has 42 heavy (non-hydrogen) atoms. The van der Waals surface area contributed by atoms with Gasteiger partial charge in [-0.05, 0) is 46.0 Å². The number of fused-ring (bicyclic) bond motifs is 4. The van der Waals surface area contributed by atoms with Crippen LogP contribution < -0.4 is 4.74 Å². The van der Waals surface area contributed by atoms with E-state index in [-0.39, 0.29) is 26.5 Å². The van der Waals surface area contributed by atoms with Crippen LogP contribution in [-0.2, 0) is 26.5 Å². The molecule has 7 rings (SSSR count). The van der Waals surface area contributed by atoms with Crippen molar-refractivity contribution in [2.24, 2.45) is 0 Å². The monoisotopic (exact) mass is 727 g/mol. The number of hydrogen-bond acceptors (Lipinski definition) is 3. The number of hydrogen-bond donors (Lipinski definition) is 0. The summed E-state index contributed by atoms with van der Waals surface area (Å²) in [5, 5.41) is 8.05. The topological polar surface area (TPSA) is 54.0 Å². The molecule has 0 amide bonds. The molecule has 0 unspecified atom stereocenters. The molecule has 0 aliphatic carbocycles. The zero-order valence-corrected chi connectivity index (χ0v) is 25.8. The van der Waals surface area contributed by atoms with Crippen molar-refractivity contribution in [1.82, 2.24) is 14.5 Å². The molecule has 6 heteroatoms. The summed E-state index contributed by atoms with van der Waals surface area (Å²) >= 11 is 0. The summed E-state index contributed by atoms with van der Waals surface area (Å²) in [6.07, 6.45) is 1.88. The normalized spacial score (nSPS) is 11.5. The standard InChI is InChI=1S/C36H28N4O.Pt/c1-36(2,3)25-20-21-37-33(22-25)40-31-15-8-7-13-28(31)29-18-17-27(23-32(29)40)41-34-19-16-24-10-9-14-30(35(24)39-34)38-26-11-5-4-6-12-26;/h4-22H,1-3H3;/q-2;+2. The zero-order valence-electron chi connectivity index (χ0n) is 23.5. The molecule has 0 spiro atoms. The molecule has 208 valence electrons. The molecule has 3 aromatic heterocycles. The van der Waals surface area contributed by atoms with Crippen LogP contribution in [0.5, 0.6) is 11.6 Å². The van der Waals surface area contributed by atoms with Gasteiger partial charge >= 0.3 is 21.1 Å². The van der Waals surface area contributed by atoms with Crippen LogP contribution in [0.25, 0.3) is 43.8 Å². The van der Waals surface area contributed by atoms with Crippen molar-refractivity contribution in [3.05, 3.63) is 132 Å². The van der Waals surface area contributed by atoms with Crippen molar-refractivity contribution in [3.8, 4) is 17.4 Å². The number of pyridine rings is 2. The van der Waals surface area contributed by atoms with Gasteiger partial charge in [-0.15, -0.1) is 28.9 Å². The van der Waals surface area contributed by atoms with Crippen LogP contribution in [0.1, 0.15) is 26.3 Å². The minimum atomic E-state index is 0. The molecule has 0 aliphatic heterocycles. The van der Waals surface area contributed by atoms with Gasteiger partial charge in [0.1, 0.15) is 5.82 Å². The Morgan fingerprint density at radius 3 is 2.43 bits per heavy atom. The first kappa shape index (κ1) is 27.7.